The molecule has 31 heavy (non-hydrogen) atoms. The van der Waals surface area contributed by atoms with Gasteiger partial charge in [-0.3, -0.25) is 0 Å². The first-order chi connectivity index (χ1) is 14.5. The molecule has 1 aliphatic heterocycles. The van der Waals surface area contributed by atoms with Crippen LogP contribution in [-0.2, 0) is 11.0 Å². The fourth-order valence-electron chi connectivity index (χ4n) is 2.82. The first kappa shape index (κ1) is 23.2. The van der Waals surface area contributed by atoms with Crippen molar-refractivity contribution in [2.24, 2.45) is 5.10 Å². The molecule has 0 aliphatic carbocycles. The van der Waals surface area contributed by atoms with E-state index in [1.54, 1.807) is 6.07 Å². The molecule has 1 atom stereocenters. The van der Waals surface area contributed by atoms with Crippen molar-refractivity contribution in [2.45, 2.75) is 31.0 Å². The number of carboxylic acid groups (broad SMARTS) is 1. The third-order valence-electron chi connectivity index (χ3n) is 4.43. The predicted molar refractivity (Wildman–Crippen MR) is 114 cm³/mol. The van der Waals surface area contributed by atoms with Crippen molar-refractivity contribution in [2.75, 3.05) is 17.5 Å². The minimum atomic E-state index is -4.52. The van der Waals surface area contributed by atoms with Gasteiger partial charge in [-0.25, -0.2) is 10.2 Å². The van der Waals surface area contributed by atoms with E-state index in [1.807, 2.05) is 26.0 Å². The lowest BCUT2D eigenvalue weighted by atomic mass is 10.2. The molecule has 166 valence electrons. The van der Waals surface area contributed by atoms with Crippen LogP contribution in [0.1, 0.15) is 18.1 Å². The molecule has 1 heterocycles. The molecule has 0 fully saturated rings. The van der Waals surface area contributed by atoms with Gasteiger partial charge >= 0.3 is 12.1 Å². The van der Waals surface area contributed by atoms with Gasteiger partial charge in [0.2, 0.25) is 0 Å². The van der Waals surface area contributed by atoms with E-state index in [4.69, 9.17) is 21.4 Å². The Morgan fingerprint density at radius 2 is 2.06 bits per heavy atom. The molecule has 3 rings (SSSR count). The number of thioether (sulfide) groups is 1. The zero-order valence-electron chi connectivity index (χ0n) is 16.5. The number of rotatable bonds is 7. The van der Waals surface area contributed by atoms with Crippen molar-refractivity contribution in [1.29, 1.82) is 0 Å². The summed E-state index contributed by atoms with van der Waals surface area (Å²) in [6.07, 6.45) is -4.52. The lowest BCUT2D eigenvalue weighted by Gasteiger charge is -2.17. The van der Waals surface area contributed by atoms with Gasteiger partial charge in [0.25, 0.3) is 0 Å². The Kier molecular flexibility index (Phi) is 7.03. The van der Waals surface area contributed by atoms with E-state index in [0.29, 0.717) is 17.2 Å². The molecule has 6 nitrogen and oxygen atoms in total. The van der Waals surface area contributed by atoms with Gasteiger partial charge < -0.3 is 9.84 Å². The van der Waals surface area contributed by atoms with Crippen LogP contribution in [-0.4, -0.2) is 35.2 Å². The molecule has 1 unspecified atom stereocenters. The average Bonchev–Trinajstić information content (AvgIpc) is 3.05. The maximum atomic E-state index is 12.9. The van der Waals surface area contributed by atoms with Crippen molar-refractivity contribution in [3.63, 3.8) is 0 Å². The largest absolute Gasteiger partial charge is 0.482 e. The summed E-state index contributed by atoms with van der Waals surface area (Å²) in [4.78, 5) is 11.6. The molecule has 1 aliphatic rings. The van der Waals surface area contributed by atoms with E-state index in [-0.39, 0.29) is 6.04 Å². The Balaban J connectivity index is 1.66. The van der Waals surface area contributed by atoms with Gasteiger partial charge in [0, 0.05) is 10.6 Å². The summed E-state index contributed by atoms with van der Waals surface area (Å²) < 4.78 is 43.9. The molecular formula is C20H19ClF3N3O3S. The lowest BCUT2D eigenvalue weighted by molar-refractivity contribution is -0.139. The quantitative estimate of drug-likeness (QED) is 0.552. The van der Waals surface area contributed by atoms with Crippen LogP contribution in [0.5, 0.6) is 5.75 Å². The summed E-state index contributed by atoms with van der Waals surface area (Å²) >= 11 is 7.33. The van der Waals surface area contributed by atoms with Gasteiger partial charge in [-0.15, -0.1) is 11.8 Å². The molecule has 0 spiro atoms. The number of benzene rings is 2. The maximum Gasteiger partial charge on any atom is 0.417 e. The number of ether oxygens (including phenoxy) is 1. The highest BCUT2D eigenvalue weighted by molar-refractivity contribution is 8.00. The number of hydrazone groups is 1. The summed E-state index contributed by atoms with van der Waals surface area (Å²) in [7, 11) is 0. The Bertz CT molecular complexity index is 1020. The smallest absolute Gasteiger partial charge is 0.417 e. The molecule has 2 aromatic carbocycles. The summed E-state index contributed by atoms with van der Waals surface area (Å²) in [6, 6.07) is 8.79. The van der Waals surface area contributed by atoms with Gasteiger partial charge in [-0.1, -0.05) is 11.6 Å². The van der Waals surface area contributed by atoms with E-state index in [1.165, 1.54) is 29.0 Å². The summed E-state index contributed by atoms with van der Waals surface area (Å²) in [6.45, 7) is 3.32. The third-order valence-corrected chi connectivity index (χ3v) is 5.77. The normalized spacial score (nSPS) is 16.4. The highest BCUT2D eigenvalue weighted by atomic mass is 35.5. The van der Waals surface area contributed by atoms with Gasteiger partial charge in [0.05, 0.1) is 28.0 Å². The fourth-order valence-corrected chi connectivity index (χ4v) is 4.15. The zero-order chi connectivity index (χ0) is 22.8. The topological polar surface area (TPSA) is 74.2 Å². The predicted octanol–water partition coefficient (Wildman–Crippen LogP) is 4.99. The Morgan fingerprint density at radius 1 is 1.32 bits per heavy atom. The first-order valence-corrected chi connectivity index (χ1v) is 10.5. The second-order valence-electron chi connectivity index (χ2n) is 6.81. The molecule has 0 saturated heterocycles. The number of alkyl halides is 3. The molecule has 2 N–H and O–H groups in total. The molecule has 0 radical (unpaired) electrons. The minimum absolute atomic E-state index is 0.118. The lowest BCUT2D eigenvalue weighted by Crippen LogP contribution is -2.36. The number of carboxylic acids is 1. The molecule has 0 bridgehead atoms. The number of hydrogen-bond acceptors (Lipinski definition) is 6. The summed E-state index contributed by atoms with van der Waals surface area (Å²) in [5.74, 6) is 0.0104. The Hall–Kier alpha value is -2.43. The van der Waals surface area contributed by atoms with Crippen LogP contribution in [0.15, 0.2) is 46.4 Å². The fraction of sp³-hybridized carbons (Fsp3) is 0.300. The van der Waals surface area contributed by atoms with Crippen molar-refractivity contribution in [3.8, 4) is 5.75 Å². The van der Waals surface area contributed by atoms with E-state index < -0.39 is 29.3 Å². The zero-order valence-corrected chi connectivity index (χ0v) is 18.1. The van der Waals surface area contributed by atoms with Crippen LogP contribution >= 0.6 is 23.4 Å². The molecule has 11 heteroatoms. The number of nitrogens with one attached hydrogen (secondary N) is 1. The van der Waals surface area contributed by atoms with Gasteiger partial charge in [-0.05, 0) is 55.8 Å². The number of halogens is 4. The highest BCUT2D eigenvalue weighted by Gasteiger charge is 2.33. The molecule has 2 aromatic rings. The van der Waals surface area contributed by atoms with Crippen molar-refractivity contribution < 1.29 is 27.8 Å². The van der Waals surface area contributed by atoms with Crippen LogP contribution in [0.3, 0.4) is 0 Å². The highest BCUT2D eigenvalue weighted by Crippen LogP contribution is 2.37. The van der Waals surface area contributed by atoms with E-state index in [2.05, 4.69) is 10.5 Å². The van der Waals surface area contributed by atoms with Gasteiger partial charge in [0.15, 0.2) is 6.61 Å². The number of anilines is 1. The monoisotopic (exact) mass is 473 g/mol. The first-order valence-electron chi connectivity index (χ1n) is 9.13. The molecule has 0 aromatic heterocycles. The van der Waals surface area contributed by atoms with Crippen molar-refractivity contribution in [3.05, 3.63) is 52.5 Å². The van der Waals surface area contributed by atoms with Crippen LogP contribution in [0, 0.1) is 6.92 Å². The number of carbonyl (C=O) groups is 1. The van der Waals surface area contributed by atoms with Gasteiger partial charge in [0.1, 0.15) is 5.75 Å². The second kappa shape index (κ2) is 9.37. The average molecular weight is 474 g/mol. The molecule has 0 amide bonds. The standard InChI is InChI=1S/C20H19ClF3N3O3S/c1-11-7-14(4-6-18(11)30-9-19(28)29)31-10-17-12(2)25-27(26-17)13-3-5-15(16(21)8-13)20(22,23)24/h3-8,12,25H,9-10H2,1-2H3,(H,28,29). The summed E-state index contributed by atoms with van der Waals surface area (Å²) in [5.41, 5.74) is 4.22. The number of hydrazine groups is 1. The SMILES string of the molecule is Cc1cc(SCC2=NN(c3ccc(C(F)(F)F)c(Cl)c3)NC2C)ccc1OCC(=O)O. The van der Waals surface area contributed by atoms with Crippen molar-refractivity contribution >= 4 is 40.7 Å². The maximum absolute atomic E-state index is 12.9. The number of aryl methyl sites for hydroxylation is 1. The number of hydrogen-bond donors (Lipinski definition) is 2. The van der Waals surface area contributed by atoms with Crippen LogP contribution in [0.4, 0.5) is 18.9 Å². The number of aliphatic carboxylic acids is 1. The van der Waals surface area contributed by atoms with E-state index >= 15 is 0 Å². The summed E-state index contributed by atoms with van der Waals surface area (Å²) in [5, 5.41) is 14.2. The second-order valence-corrected chi connectivity index (χ2v) is 8.27. The van der Waals surface area contributed by atoms with Gasteiger partial charge in [-0.2, -0.15) is 23.4 Å². The van der Waals surface area contributed by atoms with Crippen LogP contribution in [0.2, 0.25) is 5.02 Å². The molecule has 0 saturated carbocycles. The van der Waals surface area contributed by atoms with Crippen LogP contribution in [0.25, 0.3) is 0 Å². The Labute approximate surface area is 186 Å². The van der Waals surface area contributed by atoms with Crippen molar-refractivity contribution in [1.82, 2.24) is 5.43 Å². The molecular weight excluding hydrogens is 455 g/mol. The van der Waals surface area contributed by atoms with Crippen LogP contribution < -0.4 is 15.3 Å². The third kappa shape index (κ3) is 5.84. The van der Waals surface area contributed by atoms with E-state index in [9.17, 15) is 18.0 Å². The number of nitrogens with zero attached hydrogens (tertiary/aromatic N) is 2. The Morgan fingerprint density at radius 3 is 2.68 bits per heavy atom. The van der Waals surface area contributed by atoms with E-state index in [0.717, 1.165) is 22.2 Å². The minimum Gasteiger partial charge on any atom is -0.482 e.